The third kappa shape index (κ3) is 4.80. The average Bonchev–Trinajstić information content (AvgIpc) is 2.70. The first-order valence-electron chi connectivity index (χ1n) is 8.32. The van der Waals surface area contributed by atoms with Crippen molar-refractivity contribution in [1.82, 2.24) is 10.2 Å². The molecular weight excluding hydrogens is 260 g/mol. The number of aliphatic hydroxyl groups excluding tert-OH is 1. The maximum atomic E-state index is 9.54. The summed E-state index contributed by atoms with van der Waals surface area (Å²) in [7, 11) is 0. The van der Waals surface area contributed by atoms with Crippen LogP contribution in [0.5, 0.6) is 0 Å². The number of fused-ring (bicyclic) bond motifs is 1. The van der Waals surface area contributed by atoms with Crippen molar-refractivity contribution in [1.29, 1.82) is 0 Å². The highest BCUT2D eigenvalue weighted by molar-refractivity contribution is 5.28. The second-order valence-electron chi connectivity index (χ2n) is 6.46. The zero-order valence-corrected chi connectivity index (χ0v) is 13.6. The molecule has 1 heterocycles. The summed E-state index contributed by atoms with van der Waals surface area (Å²) >= 11 is 0. The minimum Gasteiger partial charge on any atom is -0.394 e. The number of benzene rings is 1. The molecule has 2 rings (SSSR count). The van der Waals surface area contributed by atoms with Crippen LogP contribution in [0.2, 0.25) is 0 Å². The van der Waals surface area contributed by atoms with Crippen molar-refractivity contribution in [2.24, 2.45) is 0 Å². The van der Waals surface area contributed by atoms with E-state index in [2.05, 4.69) is 48.3 Å². The zero-order chi connectivity index (χ0) is 15.1. The Morgan fingerprint density at radius 1 is 1.19 bits per heavy atom. The number of hydrogen-bond acceptors (Lipinski definition) is 3. The number of nitrogens with one attached hydrogen (secondary N) is 1. The largest absolute Gasteiger partial charge is 0.394 e. The molecule has 0 spiro atoms. The van der Waals surface area contributed by atoms with Crippen molar-refractivity contribution >= 4 is 0 Å². The molecule has 0 saturated carbocycles. The minimum absolute atomic E-state index is 0.121. The van der Waals surface area contributed by atoms with Gasteiger partial charge in [0.15, 0.2) is 0 Å². The van der Waals surface area contributed by atoms with Gasteiger partial charge in [0, 0.05) is 18.6 Å². The lowest BCUT2D eigenvalue weighted by atomic mass is 9.96. The minimum atomic E-state index is -0.121. The Morgan fingerprint density at radius 2 is 1.81 bits per heavy atom. The van der Waals surface area contributed by atoms with Crippen LogP contribution in [0.25, 0.3) is 0 Å². The molecule has 3 heteroatoms. The Bertz CT molecular complexity index is 408. The van der Waals surface area contributed by atoms with Gasteiger partial charge < -0.3 is 15.3 Å². The van der Waals surface area contributed by atoms with Gasteiger partial charge in [-0.3, -0.25) is 0 Å². The third-order valence-electron chi connectivity index (χ3n) is 4.67. The van der Waals surface area contributed by atoms with Crippen LogP contribution in [0.1, 0.15) is 37.8 Å². The SMILES string of the molecule is CCNC(C)(CO)CCCN1CCc2ccccc2CC1. The van der Waals surface area contributed by atoms with Gasteiger partial charge in [0.05, 0.1) is 6.61 Å². The van der Waals surface area contributed by atoms with Crippen LogP contribution >= 0.6 is 0 Å². The van der Waals surface area contributed by atoms with E-state index < -0.39 is 0 Å². The van der Waals surface area contributed by atoms with Crippen molar-refractivity contribution in [3.8, 4) is 0 Å². The number of aliphatic hydroxyl groups is 1. The molecule has 2 N–H and O–H groups in total. The summed E-state index contributed by atoms with van der Waals surface area (Å²) < 4.78 is 0. The van der Waals surface area contributed by atoms with Crippen LogP contribution < -0.4 is 5.32 Å². The van der Waals surface area contributed by atoms with Crippen LogP contribution in [0.3, 0.4) is 0 Å². The van der Waals surface area contributed by atoms with E-state index in [0.717, 1.165) is 39.0 Å². The van der Waals surface area contributed by atoms with E-state index in [-0.39, 0.29) is 12.1 Å². The zero-order valence-electron chi connectivity index (χ0n) is 13.6. The Balaban J connectivity index is 1.78. The fourth-order valence-electron chi connectivity index (χ4n) is 3.28. The lowest BCUT2D eigenvalue weighted by Crippen LogP contribution is -2.46. The highest BCUT2D eigenvalue weighted by atomic mass is 16.3. The van der Waals surface area contributed by atoms with Crippen LogP contribution in [0.15, 0.2) is 24.3 Å². The summed E-state index contributed by atoms with van der Waals surface area (Å²) in [5, 5.41) is 12.9. The van der Waals surface area contributed by atoms with Gasteiger partial charge in [-0.15, -0.1) is 0 Å². The lowest BCUT2D eigenvalue weighted by Gasteiger charge is -2.29. The third-order valence-corrected chi connectivity index (χ3v) is 4.67. The summed E-state index contributed by atoms with van der Waals surface area (Å²) in [4.78, 5) is 2.57. The first-order valence-corrected chi connectivity index (χ1v) is 8.32. The molecule has 1 aromatic carbocycles. The molecule has 1 unspecified atom stereocenters. The molecule has 0 amide bonds. The molecule has 0 radical (unpaired) electrons. The van der Waals surface area contributed by atoms with Crippen LogP contribution in [0, 0.1) is 0 Å². The fourth-order valence-corrected chi connectivity index (χ4v) is 3.28. The average molecular weight is 290 g/mol. The molecule has 1 aliphatic rings. The van der Waals surface area contributed by atoms with E-state index in [1.807, 2.05) is 0 Å². The molecule has 0 fully saturated rings. The van der Waals surface area contributed by atoms with Gasteiger partial charge in [0.25, 0.3) is 0 Å². The maximum absolute atomic E-state index is 9.54. The molecular formula is C18H30N2O. The molecule has 21 heavy (non-hydrogen) atoms. The van der Waals surface area contributed by atoms with Gasteiger partial charge >= 0.3 is 0 Å². The number of nitrogens with zero attached hydrogens (tertiary/aromatic N) is 1. The van der Waals surface area contributed by atoms with E-state index in [9.17, 15) is 5.11 Å². The molecule has 1 atom stereocenters. The molecule has 0 aromatic heterocycles. The van der Waals surface area contributed by atoms with Crippen molar-refractivity contribution < 1.29 is 5.11 Å². The first kappa shape index (κ1) is 16.5. The van der Waals surface area contributed by atoms with Gasteiger partial charge in [0.1, 0.15) is 0 Å². The van der Waals surface area contributed by atoms with E-state index >= 15 is 0 Å². The number of likely N-dealkylation sites (N-methyl/N-ethyl adjacent to an activating group) is 1. The van der Waals surface area contributed by atoms with Crippen molar-refractivity contribution in [3.63, 3.8) is 0 Å². The van der Waals surface area contributed by atoms with E-state index in [1.54, 1.807) is 0 Å². The Kier molecular flexibility index (Phi) is 6.22. The number of rotatable bonds is 7. The second kappa shape index (κ2) is 7.92. The molecule has 0 aliphatic carbocycles. The highest BCUT2D eigenvalue weighted by Crippen LogP contribution is 2.17. The summed E-state index contributed by atoms with van der Waals surface area (Å²) in [6.45, 7) is 8.80. The monoisotopic (exact) mass is 290 g/mol. The quantitative estimate of drug-likeness (QED) is 0.808. The van der Waals surface area contributed by atoms with Gasteiger partial charge in [-0.2, -0.15) is 0 Å². The summed E-state index contributed by atoms with van der Waals surface area (Å²) in [6, 6.07) is 8.84. The van der Waals surface area contributed by atoms with Gasteiger partial charge in [-0.1, -0.05) is 31.2 Å². The second-order valence-corrected chi connectivity index (χ2v) is 6.46. The smallest absolute Gasteiger partial charge is 0.0610 e. The molecule has 0 bridgehead atoms. The number of hydrogen-bond donors (Lipinski definition) is 2. The van der Waals surface area contributed by atoms with Gasteiger partial charge in [0.2, 0.25) is 0 Å². The summed E-state index contributed by atoms with van der Waals surface area (Å²) in [6.07, 6.45) is 4.50. The fraction of sp³-hybridized carbons (Fsp3) is 0.667. The standard InChI is InChI=1S/C18H30N2O/c1-3-19-18(2,15-21)11-6-12-20-13-9-16-7-4-5-8-17(16)10-14-20/h4-5,7-8,19,21H,3,6,9-15H2,1-2H3. The lowest BCUT2D eigenvalue weighted by molar-refractivity contribution is 0.158. The molecule has 118 valence electrons. The van der Waals surface area contributed by atoms with E-state index in [4.69, 9.17) is 0 Å². The molecule has 0 saturated heterocycles. The Labute approximate surface area is 129 Å². The van der Waals surface area contributed by atoms with Crippen molar-refractivity contribution in [2.75, 3.05) is 32.8 Å². The van der Waals surface area contributed by atoms with E-state index in [0.29, 0.717) is 0 Å². The maximum Gasteiger partial charge on any atom is 0.0610 e. The molecule has 1 aliphatic heterocycles. The van der Waals surface area contributed by atoms with Crippen LogP contribution in [0.4, 0.5) is 0 Å². The normalized spacial score (nSPS) is 18.8. The summed E-state index contributed by atoms with van der Waals surface area (Å²) in [5.74, 6) is 0. The van der Waals surface area contributed by atoms with Gasteiger partial charge in [-0.05, 0) is 56.8 Å². The predicted molar refractivity (Wildman–Crippen MR) is 88.7 cm³/mol. The van der Waals surface area contributed by atoms with Gasteiger partial charge in [-0.25, -0.2) is 0 Å². The Morgan fingerprint density at radius 3 is 2.33 bits per heavy atom. The van der Waals surface area contributed by atoms with Crippen molar-refractivity contribution in [2.45, 2.75) is 45.1 Å². The summed E-state index contributed by atoms with van der Waals surface area (Å²) in [5.41, 5.74) is 2.92. The molecule has 3 nitrogen and oxygen atoms in total. The highest BCUT2D eigenvalue weighted by Gasteiger charge is 2.22. The van der Waals surface area contributed by atoms with Crippen LogP contribution in [-0.2, 0) is 12.8 Å². The van der Waals surface area contributed by atoms with E-state index in [1.165, 1.54) is 24.0 Å². The Hall–Kier alpha value is -0.900. The molecule has 1 aromatic rings. The first-order chi connectivity index (χ1) is 10.2. The predicted octanol–water partition coefficient (Wildman–Crippen LogP) is 2.23. The van der Waals surface area contributed by atoms with Crippen molar-refractivity contribution in [3.05, 3.63) is 35.4 Å². The topological polar surface area (TPSA) is 35.5 Å². The van der Waals surface area contributed by atoms with Crippen LogP contribution in [-0.4, -0.2) is 48.3 Å².